The first-order chi connectivity index (χ1) is 13.6. The first-order valence-corrected chi connectivity index (χ1v) is 9.07. The fourth-order valence-corrected chi connectivity index (χ4v) is 2.80. The van der Waals surface area contributed by atoms with Crippen molar-refractivity contribution in [2.75, 3.05) is 5.32 Å². The molecule has 142 valence electrons. The number of carbonyl (C=O) groups is 2. The number of nitrogens with one attached hydrogen (secondary N) is 3. The van der Waals surface area contributed by atoms with Crippen LogP contribution in [0.5, 0.6) is 0 Å². The van der Waals surface area contributed by atoms with Gasteiger partial charge in [-0.25, -0.2) is 0 Å². The zero-order valence-corrected chi connectivity index (χ0v) is 15.8. The van der Waals surface area contributed by atoms with E-state index < -0.39 is 0 Å². The van der Waals surface area contributed by atoms with Crippen LogP contribution in [0.3, 0.4) is 0 Å². The number of amides is 2. The van der Waals surface area contributed by atoms with Gasteiger partial charge in [0.2, 0.25) is 5.91 Å². The molecule has 7 heteroatoms. The molecular weight excluding hydrogens is 374 g/mol. The molecule has 0 atom stereocenters. The van der Waals surface area contributed by atoms with E-state index >= 15 is 0 Å². The molecule has 2 amide bonds. The largest absolute Gasteiger partial charge is 0.467 e. The van der Waals surface area contributed by atoms with Crippen LogP contribution in [0.1, 0.15) is 21.7 Å². The number of anilines is 1. The summed E-state index contributed by atoms with van der Waals surface area (Å²) in [6, 6.07) is 19.8. The quantitative estimate of drug-likeness (QED) is 0.560. The van der Waals surface area contributed by atoms with Crippen LogP contribution in [0.2, 0.25) is 0 Å². The minimum absolute atomic E-state index is 0.132. The molecule has 6 nitrogen and oxygen atoms in total. The van der Waals surface area contributed by atoms with Crippen molar-refractivity contribution < 1.29 is 14.0 Å². The van der Waals surface area contributed by atoms with Gasteiger partial charge in [-0.15, -0.1) is 0 Å². The summed E-state index contributed by atoms with van der Waals surface area (Å²) in [6.45, 7) is 0.276. The minimum atomic E-state index is -0.280. The SMILES string of the molecule is O=C(Cc1ccccc1)NC(=S)Nc1ccccc1C(=O)NCc1ccco1. The topological polar surface area (TPSA) is 83.4 Å². The van der Waals surface area contributed by atoms with E-state index in [1.54, 1.807) is 42.7 Å². The summed E-state index contributed by atoms with van der Waals surface area (Å²) in [5.41, 5.74) is 1.80. The monoisotopic (exact) mass is 393 g/mol. The van der Waals surface area contributed by atoms with E-state index in [2.05, 4.69) is 16.0 Å². The lowest BCUT2D eigenvalue weighted by Gasteiger charge is -2.13. The van der Waals surface area contributed by atoms with Crippen LogP contribution in [0.15, 0.2) is 77.4 Å². The van der Waals surface area contributed by atoms with Crippen molar-refractivity contribution in [2.45, 2.75) is 13.0 Å². The Balaban J connectivity index is 1.58. The first kappa shape index (κ1) is 19.3. The van der Waals surface area contributed by atoms with Crippen molar-refractivity contribution in [1.82, 2.24) is 10.6 Å². The van der Waals surface area contributed by atoms with E-state index in [4.69, 9.17) is 16.6 Å². The molecule has 1 aromatic heterocycles. The second-order valence-electron chi connectivity index (χ2n) is 5.97. The Morgan fingerprint density at radius 3 is 2.43 bits per heavy atom. The molecule has 0 bridgehead atoms. The number of thiocarbonyl (C=S) groups is 1. The van der Waals surface area contributed by atoms with Crippen molar-refractivity contribution in [2.24, 2.45) is 0 Å². The summed E-state index contributed by atoms with van der Waals surface area (Å²) < 4.78 is 5.21. The Hall–Kier alpha value is -3.45. The van der Waals surface area contributed by atoms with Gasteiger partial charge in [0.15, 0.2) is 5.11 Å². The highest BCUT2D eigenvalue weighted by atomic mass is 32.1. The molecule has 0 saturated heterocycles. The summed E-state index contributed by atoms with van der Waals surface area (Å²) in [6.07, 6.45) is 1.77. The molecule has 3 N–H and O–H groups in total. The van der Waals surface area contributed by atoms with Gasteiger partial charge in [0.25, 0.3) is 5.91 Å². The van der Waals surface area contributed by atoms with Crippen LogP contribution in [0.25, 0.3) is 0 Å². The maximum absolute atomic E-state index is 12.5. The maximum atomic E-state index is 12.5. The van der Waals surface area contributed by atoms with Gasteiger partial charge in [-0.1, -0.05) is 42.5 Å². The first-order valence-electron chi connectivity index (χ1n) is 8.66. The Morgan fingerprint density at radius 2 is 1.68 bits per heavy atom. The number of benzene rings is 2. The molecular formula is C21H19N3O3S. The van der Waals surface area contributed by atoms with E-state index in [0.29, 0.717) is 17.0 Å². The molecule has 0 aliphatic heterocycles. The van der Waals surface area contributed by atoms with Crippen LogP contribution >= 0.6 is 12.2 Å². The maximum Gasteiger partial charge on any atom is 0.253 e. The Kier molecular flexibility index (Phi) is 6.54. The van der Waals surface area contributed by atoms with Crippen molar-refractivity contribution >= 4 is 34.8 Å². The highest BCUT2D eigenvalue weighted by molar-refractivity contribution is 7.80. The van der Waals surface area contributed by atoms with E-state index in [9.17, 15) is 9.59 Å². The third-order valence-electron chi connectivity index (χ3n) is 3.88. The standard InChI is InChI=1S/C21H19N3O3S/c25-19(13-15-7-2-1-3-8-15)24-21(28)23-18-11-5-4-10-17(18)20(26)22-14-16-9-6-12-27-16/h1-12H,13-14H2,(H,22,26)(H2,23,24,25,28). The molecule has 0 aliphatic rings. The third-order valence-corrected chi connectivity index (χ3v) is 4.09. The van der Waals surface area contributed by atoms with E-state index in [1.165, 1.54) is 0 Å². The second-order valence-corrected chi connectivity index (χ2v) is 6.38. The second kappa shape index (κ2) is 9.48. The highest BCUT2D eigenvalue weighted by Gasteiger charge is 2.13. The number of rotatable bonds is 6. The van der Waals surface area contributed by atoms with Gasteiger partial charge in [-0.05, 0) is 42.0 Å². The van der Waals surface area contributed by atoms with Gasteiger partial charge < -0.3 is 20.4 Å². The van der Waals surface area contributed by atoms with Gasteiger partial charge in [-0.3, -0.25) is 9.59 Å². The predicted octanol–water partition coefficient (Wildman–Crippen LogP) is 3.27. The zero-order chi connectivity index (χ0) is 19.8. The number of furan rings is 1. The predicted molar refractivity (Wildman–Crippen MR) is 111 cm³/mol. The summed E-state index contributed by atoms with van der Waals surface area (Å²) in [4.78, 5) is 24.6. The molecule has 0 unspecified atom stereocenters. The average molecular weight is 393 g/mol. The van der Waals surface area contributed by atoms with Gasteiger partial charge in [0.1, 0.15) is 5.76 Å². The summed E-state index contributed by atoms with van der Waals surface area (Å²) in [7, 11) is 0. The molecule has 0 saturated carbocycles. The van der Waals surface area contributed by atoms with Gasteiger partial charge in [-0.2, -0.15) is 0 Å². The van der Waals surface area contributed by atoms with Crippen molar-refractivity contribution in [1.29, 1.82) is 0 Å². The van der Waals surface area contributed by atoms with Crippen molar-refractivity contribution in [3.63, 3.8) is 0 Å². The van der Waals surface area contributed by atoms with Crippen LogP contribution in [0.4, 0.5) is 5.69 Å². The zero-order valence-electron chi connectivity index (χ0n) is 15.0. The molecule has 0 aliphatic carbocycles. The van der Waals surface area contributed by atoms with Crippen molar-refractivity contribution in [3.8, 4) is 0 Å². The fourth-order valence-electron chi connectivity index (χ4n) is 2.57. The van der Waals surface area contributed by atoms with Crippen molar-refractivity contribution in [3.05, 3.63) is 89.9 Å². The molecule has 0 radical (unpaired) electrons. The fraction of sp³-hybridized carbons (Fsp3) is 0.0952. The van der Waals surface area contributed by atoms with Crippen LogP contribution in [-0.2, 0) is 17.8 Å². The molecule has 1 heterocycles. The summed E-state index contributed by atoms with van der Waals surface area (Å²) in [5, 5.41) is 8.47. The van der Waals surface area contributed by atoms with Crippen LogP contribution in [0, 0.1) is 0 Å². The van der Waals surface area contributed by atoms with E-state index in [-0.39, 0.29) is 29.9 Å². The number of carbonyl (C=O) groups excluding carboxylic acids is 2. The molecule has 3 rings (SSSR count). The van der Waals surface area contributed by atoms with Gasteiger partial charge in [0.05, 0.1) is 30.5 Å². The Bertz CT molecular complexity index is 956. The van der Waals surface area contributed by atoms with Crippen LogP contribution < -0.4 is 16.0 Å². The lowest BCUT2D eigenvalue weighted by molar-refractivity contribution is -0.119. The molecule has 0 fully saturated rings. The number of hydrogen-bond donors (Lipinski definition) is 3. The smallest absolute Gasteiger partial charge is 0.253 e. The molecule has 2 aromatic carbocycles. The number of para-hydroxylation sites is 1. The Labute approximate surface area is 167 Å². The average Bonchev–Trinajstić information content (AvgIpc) is 3.21. The highest BCUT2D eigenvalue weighted by Crippen LogP contribution is 2.15. The number of hydrogen-bond acceptors (Lipinski definition) is 4. The molecule has 0 spiro atoms. The van der Waals surface area contributed by atoms with E-state index in [1.807, 2.05) is 30.3 Å². The van der Waals surface area contributed by atoms with E-state index in [0.717, 1.165) is 5.56 Å². The normalized spacial score (nSPS) is 10.1. The molecule has 28 heavy (non-hydrogen) atoms. The summed E-state index contributed by atoms with van der Waals surface area (Å²) >= 11 is 5.21. The van der Waals surface area contributed by atoms with Crippen LogP contribution in [-0.4, -0.2) is 16.9 Å². The lowest BCUT2D eigenvalue weighted by Crippen LogP contribution is -2.35. The van der Waals surface area contributed by atoms with Gasteiger partial charge >= 0.3 is 0 Å². The molecule has 3 aromatic rings. The lowest BCUT2D eigenvalue weighted by atomic mass is 10.1. The Morgan fingerprint density at radius 1 is 0.929 bits per heavy atom. The summed E-state index contributed by atoms with van der Waals surface area (Å²) in [5.74, 6) is 0.142. The van der Waals surface area contributed by atoms with Gasteiger partial charge in [0, 0.05) is 0 Å². The third kappa shape index (κ3) is 5.52. The minimum Gasteiger partial charge on any atom is -0.467 e.